The molecule has 3 rings (SSSR count). The molecule has 0 aliphatic carbocycles. The molecule has 2 aromatic rings. The molecule has 0 radical (unpaired) electrons. The summed E-state index contributed by atoms with van der Waals surface area (Å²) in [4.78, 5) is 14.5. The molecule has 5 nitrogen and oxygen atoms in total. The molecule has 0 spiro atoms. The van der Waals surface area contributed by atoms with Crippen LogP contribution in [-0.4, -0.2) is 35.1 Å². The van der Waals surface area contributed by atoms with Gasteiger partial charge < -0.3 is 15.2 Å². The zero-order chi connectivity index (χ0) is 15.9. The average molecular weight is 377 g/mol. The summed E-state index contributed by atoms with van der Waals surface area (Å²) in [6.07, 6.45) is 0.790. The van der Waals surface area contributed by atoms with Crippen molar-refractivity contribution in [1.29, 1.82) is 0 Å². The number of hydrogen-bond donors (Lipinski definition) is 1. The van der Waals surface area contributed by atoms with Crippen LogP contribution in [0.2, 0.25) is 10.0 Å². The Bertz CT molecular complexity index is 713. The Kier molecular flexibility index (Phi) is 5.57. The average Bonchev–Trinajstić information content (AvgIpc) is 3.05. The van der Waals surface area contributed by atoms with Gasteiger partial charge in [0, 0.05) is 24.7 Å². The molecule has 1 aromatic carbocycles. The van der Waals surface area contributed by atoms with Crippen LogP contribution < -0.4 is 5.73 Å². The van der Waals surface area contributed by atoms with Crippen LogP contribution in [0, 0.1) is 6.92 Å². The Balaban J connectivity index is 0.00000192. The highest BCUT2D eigenvalue weighted by Crippen LogP contribution is 2.37. The number of benzene rings is 1. The van der Waals surface area contributed by atoms with E-state index in [0.717, 1.165) is 6.42 Å². The second-order valence-corrected chi connectivity index (χ2v) is 6.17. The van der Waals surface area contributed by atoms with Crippen LogP contribution in [0.15, 0.2) is 22.7 Å². The third-order valence-electron chi connectivity index (χ3n) is 3.79. The number of carbonyl (C=O) groups excluding carboxylic acids is 1. The van der Waals surface area contributed by atoms with E-state index in [1.165, 1.54) is 0 Å². The van der Waals surface area contributed by atoms with Crippen molar-refractivity contribution in [3.8, 4) is 11.3 Å². The van der Waals surface area contributed by atoms with Gasteiger partial charge in [0.1, 0.15) is 17.0 Å². The molecule has 0 saturated carbocycles. The van der Waals surface area contributed by atoms with E-state index in [-0.39, 0.29) is 24.4 Å². The third kappa shape index (κ3) is 3.33. The number of aryl methyl sites for hydroxylation is 1. The minimum Gasteiger partial charge on any atom is -0.360 e. The molecule has 1 aromatic heterocycles. The minimum absolute atomic E-state index is 0. The highest BCUT2D eigenvalue weighted by Gasteiger charge is 2.31. The Morgan fingerprint density at radius 1 is 1.39 bits per heavy atom. The molecular formula is C15H16Cl3N3O2. The van der Waals surface area contributed by atoms with Gasteiger partial charge in [0.2, 0.25) is 0 Å². The van der Waals surface area contributed by atoms with Crippen LogP contribution in [0.5, 0.6) is 0 Å². The van der Waals surface area contributed by atoms with E-state index in [2.05, 4.69) is 5.16 Å². The molecule has 2 N–H and O–H groups in total. The van der Waals surface area contributed by atoms with Crippen molar-refractivity contribution >= 4 is 41.5 Å². The lowest BCUT2D eigenvalue weighted by molar-refractivity contribution is 0.0790. The third-order valence-corrected chi connectivity index (χ3v) is 4.42. The lowest BCUT2D eigenvalue weighted by Crippen LogP contribution is -2.32. The second-order valence-electron chi connectivity index (χ2n) is 5.36. The SMILES string of the molecule is Cc1onc(-c2c(Cl)cccc2Cl)c1C(=O)N1CC[C@@H](N)C1.Cl. The van der Waals surface area contributed by atoms with Gasteiger partial charge in [0.25, 0.3) is 5.91 Å². The first-order chi connectivity index (χ1) is 10.5. The monoisotopic (exact) mass is 375 g/mol. The summed E-state index contributed by atoms with van der Waals surface area (Å²) >= 11 is 12.4. The number of likely N-dealkylation sites (tertiary alicyclic amines) is 1. The van der Waals surface area contributed by atoms with Gasteiger partial charge in [0.05, 0.1) is 10.0 Å². The zero-order valence-electron chi connectivity index (χ0n) is 12.4. The molecule has 23 heavy (non-hydrogen) atoms. The first-order valence-electron chi connectivity index (χ1n) is 6.94. The summed E-state index contributed by atoms with van der Waals surface area (Å²) < 4.78 is 5.22. The lowest BCUT2D eigenvalue weighted by Gasteiger charge is -2.16. The fourth-order valence-electron chi connectivity index (χ4n) is 2.65. The maximum Gasteiger partial charge on any atom is 0.259 e. The summed E-state index contributed by atoms with van der Waals surface area (Å²) in [6, 6.07) is 5.15. The Morgan fingerprint density at radius 2 is 2.04 bits per heavy atom. The Hall–Kier alpha value is -1.27. The normalized spacial score (nSPS) is 17.2. The number of carbonyl (C=O) groups is 1. The molecule has 0 bridgehead atoms. The van der Waals surface area contributed by atoms with Gasteiger partial charge in [-0.15, -0.1) is 12.4 Å². The summed E-state index contributed by atoms with van der Waals surface area (Å²) in [6.45, 7) is 2.85. The van der Waals surface area contributed by atoms with Crippen molar-refractivity contribution in [2.75, 3.05) is 13.1 Å². The smallest absolute Gasteiger partial charge is 0.259 e. The Labute approximate surface area is 150 Å². The molecule has 8 heteroatoms. The maximum atomic E-state index is 12.8. The van der Waals surface area contributed by atoms with E-state index in [9.17, 15) is 4.79 Å². The van der Waals surface area contributed by atoms with Gasteiger partial charge in [0.15, 0.2) is 0 Å². The number of rotatable bonds is 2. The summed E-state index contributed by atoms with van der Waals surface area (Å²) in [5, 5.41) is 4.84. The van der Waals surface area contributed by atoms with Crippen molar-refractivity contribution in [3.05, 3.63) is 39.6 Å². The molecule has 1 saturated heterocycles. The van der Waals surface area contributed by atoms with Crippen molar-refractivity contribution < 1.29 is 9.32 Å². The molecular weight excluding hydrogens is 361 g/mol. The number of nitrogens with two attached hydrogens (primary N) is 1. The highest BCUT2D eigenvalue weighted by atomic mass is 35.5. The Morgan fingerprint density at radius 3 is 2.61 bits per heavy atom. The largest absolute Gasteiger partial charge is 0.360 e. The van der Waals surface area contributed by atoms with Crippen molar-refractivity contribution in [2.24, 2.45) is 5.73 Å². The molecule has 1 fully saturated rings. The minimum atomic E-state index is -0.155. The molecule has 2 heterocycles. The van der Waals surface area contributed by atoms with Crippen LogP contribution >= 0.6 is 35.6 Å². The zero-order valence-corrected chi connectivity index (χ0v) is 14.7. The van der Waals surface area contributed by atoms with Crippen molar-refractivity contribution in [2.45, 2.75) is 19.4 Å². The molecule has 1 atom stereocenters. The molecule has 0 unspecified atom stereocenters. The topological polar surface area (TPSA) is 72.4 Å². The number of halogens is 3. The highest BCUT2D eigenvalue weighted by molar-refractivity contribution is 6.39. The number of nitrogens with zero attached hydrogens (tertiary/aromatic N) is 2. The standard InChI is InChI=1S/C15H15Cl2N3O2.ClH/c1-8-12(15(21)20-6-5-9(18)7-20)14(19-22-8)13-10(16)3-2-4-11(13)17;/h2-4,9H,5-7,18H2,1H3;1H/t9-;/m1./s1. The van der Waals surface area contributed by atoms with Gasteiger partial charge in [-0.3, -0.25) is 4.79 Å². The fourth-order valence-corrected chi connectivity index (χ4v) is 3.23. The van der Waals surface area contributed by atoms with Crippen LogP contribution in [0.3, 0.4) is 0 Å². The van der Waals surface area contributed by atoms with Gasteiger partial charge in [-0.25, -0.2) is 0 Å². The van der Waals surface area contributed by atoms with Crippen molar-refractivity contribution in [1.82, 2.24) is 10.1 Å². The van der Waals surface area contributed by atoms with Crippen LogP contribution in [0.1, 0.15) is 22.5 Å². The van der Waals surface area contributed by atoms with E-state index in [0.29, 0.717) is 45.7 Å². The summed E-state index contributed by atoms with van der Waals surface area (Å²) in [5.74, 6) is 0.286. The molecule has 124 valence electrons. The van der Waals surface area contributed by atoms with E-state index in [1.807, 2.05) is 0 Å². The lowest BCUT2D eigenvalue weighted by atomic mass is 10.0. The van der Waals surface area contributed by atoms with Gasteiger partial charge in [-0.1, -0.05) is 34.4 Å². The molecule has 1 amide bonds. The van der Waals surface area contributed by atoms with E-state index < -0.39 is 0 Å². The molecule has 1 aliphatic heterocycles. The predicted octanol–water partition coefficient (Wildman–Crippen LogP) is 3.55. The first-order valence-corrected chi connectivity index (χ1v) is 7.70. The van der Waals surface area contributed by atoms with E-state index in [1.54, 1.807) is 30.0 Å². The summed E-state index contributed by atoms with van der Waals surface area (Å²) in [5.41, 5.74) is 7.15. The van der Waals surface area contributed by atoms with Gasteiger partial charge >= 0.3 is 0 Å². The van der Waals surface area contributed by atoms with E-state index in [4.69, 9.17) is 33.5 Å². The van der Waals surface area contributed by atoms with Crippen LogP contribution in [0.25, 0.3) is 11.3 Å². The number of amides is 1. The second kappa shape index (κ2) is 7.09. The number of hydrogen-bond acceptors (Lipinski definition) is 4. The van der Waals surface area contributed by atoms with Crippen molar-refractivity contribution in [3.63, 3.8) is 0 Å². The van der Waals surface area contributed by atoms with Gasteiger partial charge in [-0.05, 0) is 25.5 Å². The summed E-state index contributed by atoms with van der Waals surface area (Å²) in [7, 11) is 0. The van der Waals surface area contributed by atoms with E-state index >= 15 is 0 Å². The first kappa shape index (κ1) is 18.1. The van der Waals surface area contributed by atoms with Crippen LogP contribution in [0.4, 0.5) is 0 Å². The quantitative estimate of drug-likeness (QED) is 0.870. The predicted molar refractivity (Wildman–Crippen MR) is 92.4 cm³/mol. The fraction of sp³-hybridized carbons (Fsp3) is 0.333. The number of aromatic nitrogens is 1. The maximum absolute atomic E-state index is 12.8. The van der Waals surface area contributed by atoms with Crippen LogP contribution in [-0.2, 0) is 0 Å². The van der Waals surface area contributed by atoms with Gasteiger partial charge in [-0.2, -0.15) is 0 Å². The molecule has 1 aliphatic rings.